The highest BCUT2D eigenvalue weighted by atomic mass is 16.2. The molecule has 0 aliphatic heterocycles. The molecule has 0 saturated carbocycles. The maximum absolute atomic E-state index is 11.8. The van der Waals surface area contributed by atoms with Gasteiger partial charge in [0.25, 0.3) is 5.91 Å². The van der Waals surface area contributed by atoms with E-state index in [4.69, 9.17) is 0 Å². The predicted octanol–water partition coefficient (Wildman–Crippen LogP) is 1.59. The van der Waals surface area contributed by atoms with Crippen LogP contribution in [0.3, 0.4) is 0 Å². The van der Waals surface area contributed by atoms with Crippen LogP contribution < -0.4 is 5.32 Å². The third-order valence-corrected chi connectivity index (χ3v) is 2.56. The first-order valence-electron chi connectivity index (χ1n) is 6.46. The monoisotopic (exact) mass is 250 g/mol. The lowest BCUT2D eigenvalue weighted by Gasteiger charge is -2.21. The van der Waals surface area contributed by atoms with Gasteiger partial charge >= 0.3 is 0 Å². The van der Waals surface area contributed by atoms with Crippen molar-refractivity contribution in [3.05, 3.63) is 23.8 Å². The molecule has 18 heavy (non-hydrogen) atoms. The van der Waals surface area contributed by atoms with Gasteiger partial charge in [-0.15, -0.1) is 0 Å². The zero-order valence-electron chi connectivity index (χ0n) is 11.4. The van der Waals surface area contributed by atoms with Crippen LogP contribution in [0.2, 0.25) is 0 Å². The van der Waals surface area contributed by atoms with Gasteiger partial charge in [0.05, 0.1) is 18.6 Å². The Morgan fingerprint density at radius 3 is 2.39 bits per heavy atom. The molecule has 0 fully saturated rings. The molecule has 1 aromatic heterocycles. The summed E-state index contributed by atoms with van der Waals surface area (Å²) < 4.78 is 0. The Balaban J connectivity index is 2.46. The quantitative estimate of drug-likeness (QED) is 0.747. The van der Waals surface area contributed by atoms with Crippen molar-refractivity contribution in [1.29, 1.82) is 0 Å². The second-order valence-electron chi connectivity index (χ2n) is 4.33. The maximum Gasteiger partial charge on any atom is 0.272 e. The number of hydrogen-bond acceptors (Lipinski definition) is 4. The molecule has 0 saturated heterocycles. The third-order valence-electron chi connectivity index (χ3n) is 2.56. The first-order chi connectivity index (χ1) is 8.67. The summed E-state index contributed by atoms with van der Waals surface area (Å²) in [6.45, 7) is 8.67. The molecule has 1 rings (SSSR count). The summed E-state index contributed by atoms with van der Waals surface area (Å²) >= 11 is 0. The van der Waals surface area contributed by atoms with Crippen LogP contribution in [0.4, 0.5) is 0 Å². The summed E-state index contributed by atoms with van der Waals surface area (Å²) in [5.41, 5.74) is 1.18. The van der Waals surface area contributed by atoms with Crippen molar-refractivity contribution in [2.75, 3.05) is 19.8 Å². The fourth-order valence-electron chi connectivity index (χ4n) is 1.69. The van der Waals surface area contributed by atoms with Crippen molar-refractivity contribution in [3.63, 3.8) is 0 Å². The van der Waals surface area contributed by atoms with Crippen molar-refractivity contribution in [1.82, 2.24) is 20.2 Å². The van der Waals surface area contributed by atoms with E-state index in [2.05, 4.69) is 34.0 Å². The highest BCUT2D eigenvalue weighted by Gasteiger charge is 2.09. The van der Waals surface area contributed by atoms with Crippen molar-refractivity contribution < 1.29 is 4.79 Å². The van der Waals surface area contributed by atoms with Crippen LogP contribution in [0.1, 0.15) is 42.9 Å². The Morgan fingerprint density at radius 1 is 1.22 bits per heavy atom. The van der Waals surface area contributed by atoms with Crippen molar-refractivity contribution in [3.8, 4) is 0 Å². The van der Waals surface area contributed by atoms with E-state index in [1.807, 2.05) is 6.92 Å². The van der Waals surface area contributed by atoms with Gasteiger partial charge in [-0.2, -0.15) is 0 Å². The van der Waals surface area contributed by atoms with Crippen LogP contribution in [0.15, 0.2) is 12.4 Å². The molecule has 0 aliphatic rings. The van der Waals surface area contributed by atoms with Crippen LogP contribution in [0, 0.1) is 6.92 Å². The molecule has 100 valence electrons. The van der Waals surface area contributed by atoms with E-state index in [1.165, 1.54) is 6.20 Å². The summed E-state index contributed by atoms with van der Waals surface area (Å²) in [5, 5.41) is 2.87. The maximum atomic E-state index is 11.8. The summed E-state index contributed by atoms with van der Waals surface area (Å²) in [6, 6.07) is 0. The lowest BCUT2D eigenvalue weighted by molar-refractivity contribution is 0.0916. The minimum absolute atomic E-state index is 0.167. The number of aromatic nitrogens is 2. The van der Waals surface area contributed by atoms with Crippen LogP contribution in [0.25, 0.3) is 0 Å². The zero-order chi connectivity index (χ0) is 13.4. The van der Waals surface area contributed by atoms with E-state index < -0.39 is 0 Å². The minimum Gasteiger partial charge on any atom is -0.338 e. The van der Waals surface area contributed by atoms with E-state index in [-0.39, 0.29) is 5.91 Å². The molecule has 0 spiro atoms. The van der Waals surface area contributed by atoms with E-state index in [1.54, 1.807) is 6.20 Å². The van der Waals surface area contributed by atoms with E-state index in [0.29, 0.717) is 12.4 Å². The van der Waals surface area contributed by atoms with Gasteiger partial charge in [-0.05, 0) is 32.9 Å². The normalized spacial score (nSPS) is 10.7. The molecule has 0 aliphatic carbocycles. The molecule has 1 heterocycles. The summed E-state index contributed by atoms with van der Waals surface area (Å²) in [5.74, 6) is -0.167. The first kappa shape index (κ1) is 14.6. The largest absolute Gasteiger partial charge is 0.338 e. The van der Waals surface area contributed by atoms with Crippen molar-refractivity contribution in [2.45, 2.75) is 33.6 Å². The molecule has 0 aromatic carbocycles. The van der Waals surface area contributed by atoms with Gasteiger partial charge in [0.2, 0.25) is 0 Å². The fraction of sp³-hybridized carbons (Fsp3) is 0.615. The van der Waals surface area contributed by atoms with Gasteiger partial charge in [0.15, 0.2) is 0 Å². The molecule has 1 aromatic rings. The van der Waals surface area contributed by atoms with E-state index in [0.717, 1.165) is 31.6 Å². The number of amides is 1. The Morgan fingerprint density at radius 2 is 1.89 bits per heavy atom. The van der Waals surface area contributed by atoms with Crippen LogP contribution >= 0.6 is 0 Å². The Hall–Kier alpha value is -1.49. The van der Waals surface area contributed by atoms with Gasteiger partial charge in [-0.1, -0.05) is 13.8 Å². The highest BCUT2D eigenvalue weighted by Crippen LogP contribution is 1.96. The minimum atomic E-state index is -0.167. The second kappa shape index (κ2) is 7.76. The van der Waals surface area contributed by atoms with Crippen molar-refractivity contribution >= 4 is 5.91 Å². The van der Waals surface area contributed by atoms with Crippen molar-refractivity contribution in [2.24, 2.45) is 0 Å². The van der Waals surface area contributed by atoms with E-state index in [9.17, 15) is 4.79 Å². The average Bonchev–Trinajstić information content (AvgIpc) is 2.37. The fourth-order valence-corrected chi connectivity index (χ4v) is 1.69. The molecule has 5 heteroatoms. The Kier molecular flexibility index (Phi) is 6.28. The average molecular weight is 250 g/mol. The smallest absolute Gasteiger partial charge is 0.272 e. The summed E-state index contributed by atoms with van der Waals surface area (Å²) in [6.07, 6.45) is 5.28. The number of hydrogen-bond donors (Lipinski definition) is 1. The molecular formula is C13H22N4O. The number of aryl methyl sites for hydroxylation is 1. The highest BCUT2D eigenvalue weighted by molar-refractivity contribution is 5.91. The molecule has 0 unspecified atom stereocenters. The SMILES string of the molecule is CCCN(CCC)CNC(=O)c1cnc(C)cn1. The molecule has 0 atom stereocenters. The molecule has 5 nitrogen and oxygen atoms in total. The first-order valence-corrected chi connectivity index (χ1v) is 6.46. The number of carbonyl (C=O) groups is 1. The molecular weight excluding hydrogens is 228 g/mol. The summed E-state index contributed by atoms with van der Waals surface area (Å²) in [7, 11) is 0. The standard InChI is InChI=1S/C13H22N4O/c1-4-6-17(7-5-2)10-16-13(18)12-9-14-11(3)8-15-12/h8-9H,4-7,10H2,1-3H3,(H,16,18). The Labute approximate surface area is 109 Å². The van der Waals surface area contributed by atoms with Crippen LogP contribution in [-0.2, 0) is 0 Å². The number of nitrogens with zero attached hydrogens (tertiary/aromatic N) is 3. The predicted molar refractivity (Wildman–Crippen MR) is 71.3 cm³/mol. The third kappa shape index (κ3) is 4.79. The second-order valence-corrected chi connectivity index (χ2v) is 4.33. The number of nitrogens with one attached hydrogen (secondary N) is 1. The lowest BCUT2D eigenvalue weighted by Crippen LogP contribution is -2.38. The van der Waals surface area contributed by atoms with Gasteiger partial charge in [-0.25, -0.2) is 4.98 Å². The topological polar surface area (TPSA) is 58.1 Å². The summed E-state index contributed by atoms with van der Waals surface area (Å²) in [4.78, 5) is 22.2. The zero-order valence-corrected chi connectivity index (χ0v) is 11.4. The molecule has 1 N–H and O–H groups in total. The number of carbonyl (C=O) groups excluding carboxylic acids is 1. The van der Waals surface area contributed by atoms with Crippen LogP contribution in [-0.4, -0.2) is 40.5 Å². The van der Waals surface area contributed by atoms with Gasteiger partial charge in [0.1, 0.15) is 5.69 Å². The Bertz CT molecular complexity index is 358. The molecule has 0 bridgehead atoms. The van der Waals surface area contributed by atoms with E-state index >= 15 is 0 Å². The van der Waals surface area contributed by atoms with Gasteiger partial charge < -0.3 is 5.32 Å². The van der Waals surface area contributed by atoms with Gasteiger partial charge in [-0.3, -0.25) is 14.7 Å². The van der Waals surface area contributed by atoms with Crippen LogP contribution in [0.5, 0.6) is 0 Å². The number of rotatable bonds is 7. The molecule has 1 amide bonds. The lowest BCUT2D eigenvalue weighted by atomic mass is 10.3. The van der Waals surface area contributed by atoms with Gasteiger partial charge in [0, 0.05) is 6.20 Å². The molecule has 0 radical (unpaired) electrons.